The molecule has 0 radical (unpaired) electrons. The van der Waals surface area contributed by atoms with E-state index in [0.717, 1.165) is 17.0 Å². The second kappa shape index (κ2) is 7.66. The standard InChI is InChI=1S/C20H21N3O2/c1-3-22(15-16-9-11-17(25-2)12-10-16)20(24)18-7-4-5-8-19(18)23-14-6-13-21-23/h4-14H,3,15H2,1-2H3. The fourth-order valence-electron chi connectivity index (χ4n) is 2.71. The van der Waals surface area contributed by atoms with Crippen LogP contribution < -0.4 is 4.74 Å². The topological polar surface area (TPSA) is 47.4 Å². The zero-order chi connectivity index (χ0) is 17.6. The van der Waals surface area contributed by atoms with E-state index < -0.39 is 0 Å². The Morgan fingerprint density at radius 3 is 2.52 bits per heavy atom. The summed E-state index contributed by atoms with van der Waals surface area (Å²) in [4.78, 5) is 14.9. The molecule has 128 valence electrons. The van der Waals surface area contributed by atoms with Gasteiger partial charge in [-0.25, -0.2) is 4.68 Å². The van der Waals surface area contributed by atoms with Crippen molar-refractivity contribution in [1.82, 2.24) is 14.7 Å². The smallest absolute Gasteiger partial charge is 0.256 e. The minimum atomic E-state index is -0.00980. The van der Waals surface area contributed by atoms with Crippen molar-refractivity contribution in [3.05, 3.63) is 78.1 Å². The first kappa shape index (κ1) is 16.8. The summed E-state index contributed by atoms with van der Waals surface area (Å²) in [5, 5.41) is 4.25. The van der Waals surface area contributed by atoms with Gasteiger partial charge in [0.2, 0.25) is 0 Å². The van der Waals surface area contributed by atoms with Crippen molar-refractivity contribution in [2.45, 2.75) is 13.5 Å². The van der Waals surface area contributed by atoms with E-state index in [1.165, 1.54) is 0 Å². The van der Waals surface area contributed by atoms with Crippen molar-refractivity contribution in [2.75, 3.05) is 13.7 Å². The summed E-state index contributed by atoms with van der Waals surface area (Å²) in [6.07, 6.45) is 3.54. The Labute approximate surface area is 147 Å². The van der Waals surface area contributed by atoms with E-state index in [2.05, 4.69) is 5.10 Å². The fourth-order valence-corrected chi connectivity index (χ4v) is 2.71. The molecule has 0 aliphatic carbocycles. The third-order valence-electron chi connectivity index (χ3n) is 4.09. The molecular weight excluding hydrogens is 314 g/mol. The van der Waals surface area contributed by atoms with Crippen molar-refractivity contribution in [3.63, 3.8) is 0 Å². The van der Waals surface area contributed by atoms with Crippen molar-refractivity contribution >= 4 is 5.91 Å². The maximum Gasteiger partial charge on any atom is 0.256 e. The molecule has 25 heavy (non-hydrogen) atoms. The first-order chi connectivity index (χ1) is 12.2. The minimum absolute atomic E-state index is 0.00980. The predicted molar refractivity (Wildman–Crippen MR) is 97.0 cm³/mol. The van der Waals surface area contributed by atoms with Gasteiger partial charge in [-0.15, -0.1) is 0 Å². The van der Waals surface area contributed by atoms with Gasteiger partial charge in [0.15, 0.2) is 0 Å². The van der Waals surface area contributed by atoms with Gasteiger partial charge in [-0.3, -0.25) is 4.79 Å². The number of aromatic nitrogens is 2. The average Bonchev–Trinajstić information content (AvgIpc) is 3.20. The van der Waals surface area contributed by atoms with Crippen LogP contribution in [0.2, 0.25) is 0 Å². The van der Waals surface area contributed by atoms with Gasteiger partial charge >= 0.3 is 0 Å². The van der Waals surface area contributed by atoms with Crippen molar-refractivity contribution in [3.8, 4) is 11.4 Å². The van der Waals surface area contributed by atoms with Gasteiger partial charge in [-0.05, 0) is 42.8 Å². The number of carbonyl (C=O) groups excluding carboxylic acids is 1. The van der Waals surface area contributed by atoms with Crippen molar-refractivity contribution in [1.29, 1.82) is 0 Å². The van der Waals surface area contributed by atoms with Crippen LogP contribution in [0.5, 0.6) is 5.75 Å². The maximum atomic E-state index is 13.1. The highest BCUT2D eigenvalue weighted by Crippen LogP contribution is 2.18. The predicted octanol–water partition coefficient (Wildman–Crippen LogP) is 3.54. The number of ether oxygens (including phenoxy) is 1. The summed E-state index contributed by atoms with van der Waals surface area (Å²) >= 11 is 0. The lowest BCUT2D eigenvalue weighted by atomic mass is 10.1. The summed E-state index contributed by atoms with van der Waals surface area (Å²) in [6, 6.07) is 17.2. The Bertz CT molecular complexity index is 826. The molecule has 0 saturated carbocycles. The molecule has 0 spiro atoms. The molecule has 0 atom stereocenters. The van der Waals surface area contributed by atoms with Crippen LogP contribution in [0, 0.1) is 0 Å². The second-order valence-corrected chi connectivity index (χ2v) is 5.64. The van der Waals surface area contributed by atoms with Gasteiger partial charge in [0, 0.05) is 25.5 Å². The molecule has 0 N–H and O–H groups in total. The quantitative estimate of drug-likeness (QED) is 0.692. The van der Waals surface area contributed by atoms with Gasteiger partial charge in [0.25, 0.3) is 5.91 Å². The van der Waals surface area contributed by atoms with Crippen LogP contribution in [-0.2, 0) is 6.54 Å². The molecule has 0 unspecified atom stereocenters. The number of nitrogens with zero attached hydrogens (tertiary/aromatic N) is 3. The molecule has 3 rings (SSSR count). The molecule has 1 heterocycles. The van der Waals surface area contributed by atoms with E-state index >= 15 is 0 Å². The van der Waals surface area contributed by atoms with E-state index in [9.17, 15) is 4.79 Å². The third kappa shape index (κ3) is 3.71. The van der Waals surface area contributed by atoms with Crippen LogP contribution >= 0.6 is 0 Å². The van der Waals surface area contributed by atoms with Crippen LogP contribution in [0.25, 0.3) is 5.69 Å². The molecule has 2 aromatic carbocycles. The number of amides is 1. The molecule has 0 aliphatic rings. The monoisotopic (exact) mass is 335 g/mol. The first-order valence-corrected chi connectivity index (χ1v) is 8.24. The van der Waals surface area contributed by atoms with E-state index in [0.29, 0.717) is 18.7 Å². The molecule has 3 aromatic rings. The Kier molecular flexibility index (Phi) is 5.14. The molecule has 0 fully saturated rings. The lowest BCUT2D eigenvalue weighted by molar-refractivity contribution is 0.0752. The van der Waals surface area contributed by atoms with Crippen molar-refractivity contribution in [2.24, 2.45) is 0 Å². The highest BCUT2D eigenvalue weighted by molar-refractivity contribution is 5.97. The molecule has 0 aliphatic heterocycles. The van der Waals surface area contributed by atoms with Crippen LogP contribution in [0.15, 0.2) is 67.0 Å². The number of hydrogen-bond donors (Lipinski definition) is 0. The number of hydrogen-bond acceptors (Lipinski definition) is 3. The SMILES string of the molecule is CCN(Cc1ccc(OC)cc1)C(=O)c1ccccc1-n1cccn1. The Hall–Kier alpha value is -3.08. The summed E-state index contributed by atoms with van der Waals surface area (Å²) < 4.78 is 6.90. The van der Waals surface area contributed by atoms with Gasteiger partial charge in [-0.2, -0.15) is 5.10 Å². The summed E-state index contributed by atoms with van der Waals surface area (Å²) in [5.74, 6) is 0.798. The fraction of sp³-hybridized carbons (Fsp3) is 0.200. The second-order valence-electron chi connectivity index (χ2n) is 5.64. The Balaban J connectivity index is 1.85. The van der Waals surface area contributed by atoms with Gasteiger partial charge < -0.3 is 9.64 Å². The van der Waals surface area contributed by atoms with Gasteiger partial charge in [0.1, 0.15) is 5.75 Å². The summed E-state index contributed by atoms with van der Waals surface area (Å²) in [6.45, 7) is 3.16. The zero-order valence-corrected chi connectivity index (χ0v) is 14.4. The Morgan fingerprint density at radius 2 is 1.88 bits per heavy atom. The van der Waals surface area contributed by atoms with E-state index in [-0.39, 0.29) is 5.91 Å². The lowest BCUT2D eigenvalue weighted by Gasteiger charge is -2.22. The molecule has 1 aromatic heterocycles. The molecule has 1 amide bonds. The third-order valence-corrected chi connectivity index (χ3v) is 4.09. The molecular formula is C20H21N3O2. The number of para-hydroxylation sites is 1. The zero-order valence-electron chi connectivity index (χ0n) is 14.4. The van der Waals surface area contributed by atoms with Crippen molar-refractivity contribution < 1.29 is 9.53 Å². The van der Waals surface area contributed by atoms with E-state index in [1.807, 2.05) is 72.6 Å². The van der Waals surface area contributed by atoms with Gasteiger partial charge in [0.05, 0.1) is 18.4 Å². The van der Waals surface area contributed by atoms with Crippen LogP contribution in [0.1, 0.15) is 22.8 Å². The molecule has 5 nitrogen and oxygen atoms in total. The van der Waals surface area contributed by atoms with E-state index in [4.69, 9.17) is 4.74 Å². The largest absolute Gasteiger partial charge is 0.497 e. The molecule has 0 bridgehead atoms. The highest BCUT2D eigenvalue weighted by atomic mass is 16.5. The number of methoxy groups -OCH3 is 1. The van der Waals surface area contributed by atoms with Crippen LogP contribution in [0.3, 0.4) is 0 Å². The number of rotatable bonds is 6. The normalized spacial score (nSPS) is 10.5. The van der Waals surface area contributed by atoms with Crippen LogP contribution in [0.4, 0.5) is 0 Å². The first-order valence-electron chi connectivity index (χ1n) is 8.24. The summed E-state index contributed by atoms with van der Waals surface area (Å²) in [7, 11) is 1.64. The lowest BCUT2D eigenvalue weighted by Crippen LogP contribution is -2.31. The Morgan fingerprint density at radius 1 is 1.12 bits per heavy atom. The summed E-state index contributed by atoms with van der Waals surface area (Å²) in [5.41, 5.74) is 2.49. The maximum absolute atomic E-state index is 13.1. The minimum Gasteiger partial charge on any atom is -0.497 e. The highest BCUT2D eigenvalue weighted by Gasteiger charge is 2.18. The molecule has 0 saturated heterocycles. The number of benzene rings is 2. The average molecular weight is 335 g/mol. The van der Waals surface area contributed by atoms with E-state index in [1.54, 1.807) is 18.0 Å². The van der Waals surface area contributed by atoms with Crippen LogP contribution in [-0.4, -0.2) is 34.2 Å². The van der Waals surface area contributed by atoms with Gasteiger partial charge in [-0.1, -0.05) is 24.3 Å². The molecule has 5 heteroatoms. The number of carbonyl (C=O) groups is 1.